The maximum absolute atomic E-state index is 11.7. The SMILES string of the molecule is CCC(CO)NC(=O)NCOc1ccc(C)cc1C(C)(C)C. The number of urea groups is 1. The van der Waals surface area contributed by atoms with Gasteiger partial charge in [0.05, 0.1) is 12.6 Å². The van der Waals surface area contributed by atoms with E-state index in [1.165, 1.54) is 5.56 Å². The summed E-state index contributed by atoms with van der Waals surface area (Å²) < 4.78 is 5.70. The lowest BCUT2D eigenvalue weighted by atomic mass is 9.85. The molecule has 0 saturated heterocycles. The number of hydrogen-bond donors (Lipinski definition) is 3. The Bertz CT molecular complexity index is 491. The fourth-order valence-corrected chi connectivity index (χ4v) is 2.05. The Balaban J connectivity index is 2.60. The molecule has 124 valence electrons. The minimum atomic E-state index is -0.342. The number of benzene rings is 1. The largest absolute Gasteiger partial charge is 0.473 e. The van der Waals surface area contributed by atoms with Crippen molar-refractivity contribution in [2.24, 2.45) is 0 Å². The number of ether oxygens (including phenoxy) is 1. The van der Waals surface area contributed by atoms with Gasteiger partial charge in [-0.1, -0.05) is 45.4 Å². The molecule has 0 aliphatic heterocycles. The van der Waals surface area contributed by atoms with Gasteiger partial charge in [0, 0.05) is 0 Å². The highest BCUT2D eigenvalue weighted by Gasteiger charge is 2.19. The lowest BCUT2D eigenvalue weighted by Gasteiger charge is -2.23. The van der Waals surface area contributed by atoms with Crippen molar-refractivity contribution in [1.82, 2.24) is 10.6 Å². The van der Waals surface area contributed by atoms with Crippen LogP contribution < -0.4 is 15.4 Å². The number of amides is 2. The molecule has 3 N–H and O–H groups in total. The monoisotopic (exact) mass is 308 g/mol. The van der Waals surface area contributed by atoms with Gasteiger partial charge in [0.1, 0.15) is 5.75 Å². The molecule has 0 radical (unpaired) electrons. The Kier molecular flexibility index (Phi) is 6.68. The summed E-state index contributed by atoms with van der Waals surface area (Å²) in [6.45, 7) is 10.3. The van der Waals surface area contributed by atoms with Crippen molar-refractivity contribution in [3.8, 4) is 5.75 Å². The van der Waals surface area contributed by atoms with Crippen molar-refractivity contribution in [1.29, 1.82) is 0 Å². The first kappa shape index (κ1) is 18.3. The lowest BCUT2D eigenvalue weighted by Crippen LogP contribution is -2.44. The molecule has 0 aliphatic rings. The highest BCUT2D eigenvalue weighted by atomic mass is 16.5. The van der Waals surface area contributed by atoms with Crippen LogP contribution in [0.3, 0.4) is 0 Å². The topological polar surface area (TPSA) is 70.6 Å². The Labute approximate surface area is 133 Å². The van der Waals surface area contributed by atoms with Gasteiger partial charge in [0.25, 0.3) is 0 Å². The van der Waals surface area contributed by atoms with Gasteiger partial charge in [-0.2, -0.15) is 0 Å². The van der Waals surface area contributed by atoms with Crippen LogP contribution in [-0.2, 0) is 5.41 Å². The third-order valence-corrected chi connectivity index (χ3v) is 3.45. The first-order chi connectivity index (χ1) is 10.3. The van der Waals surface area contributed by atoms with Crippen LogP contribution in [0.25, 0.3) is 0 Å². The lowest BCUT2D eigenvalue weighted by molar-refractivity contribution is 0.203. The molecule has 0 heterocycles. The van der Waals surface area contributed by atoms with Crippen molar-refractivity contribution >= 4 is 6.03 Å². The minimum Gasteiger partial charge on any atom is -0.473 e. The van der Waals surface area contributed by atoms with Crippen molar-refractivity contribution < 1.29 is 14.6 Å². The number of rotatable bonds is 6. The Hall–Kier alpha value is -1.75. The van der Waals surface area contributed by atoms with Gasteiger partial charge in [-0.05, 0) is 30.4 Å². The summed E-state index contributed by atoms with van der Waals surface area (Å²) in [6, 6.07) is 5.45. The summed E-state index contributed by atoms with van der Waals surface area (Å²) in [5.74, 6) is 0.771. The van der Waals surface area contributed by atoms with E-state index in [9.17, 15) is 4.79 Å². The van der Waals surface area contributed by atoms with Gasteiger partial charge in [0.15, 0.2) is 6.73 Å². The highest BCUT2D eigenvalue weighted by Crippen LogP contribution is 2.31. The third-order valence-electron chi connectivity index (χ3n) is 3.45. The maximum Gasteiger partial charge on any atom is 0.317 e. The Morgan fingerprint density at radius 3 is 2.59 bits per heavy atom. The Morgan fingerprint density at radius 2 is 2.05 bits per heavy atom. The van der Waals surface area contributed by atoms with Crippen LogP contribution in [0.15, 0.2) is 18.2 Å². The minimum absolute atomic E-state index is 0.0339. The molecule has 1 unspecified atom stereocenters. The Morgan fingerprint density at radius 1 is 1.36 bits per heavy atom. The fraction of sp³-hybridized carbons (Fsp3) is 0.588. The molecule has 1 rings (SSSR count). The van der Waals surface area contributed by atoms with E-state index < -0.39 is 0 Å². The number of aryl methyl sites for hydroxylation is 1. The second-order valence-corrected chi connectivity index (χ2v) is 6.48. The number of aliphatic hydroxyl groups excluding tert-OH is 1. The second-order valence-electron chi connectivity index (χ2n) is 6.48. The molecule has 0 fully saturated rings. The molecule has 0 saturated carbocycles. The summed E-state index contributed by atoms with van der Waals surface area (Å²) in [5.41, 5.74) is 2.25. The quantitative estimate of drug-likeness (QED) is 0.708. The van der Waals surface area contributed by atoms with Gasteiger partial charge in [-0.25, -0.2) is 4.79 Å². The van der Waals surface area contributed by atoms with Gasteiger partial charge < -0.3 is 20.5 Å². The fourth-order valence-electron chi connectivity index (χ4n) is 2.05. The van der Waals surface area contributed by atoms with Gasteiger partial charge in [-0.15, -0.1) is 0 Å². The molecular weight excluding hydrogens is 280 g/mol. The second kappa shape index (κ2) is 8.03. The zero-order chi connectivity index (χ0) is 16.8. The predicted molar refractivity (Wildman–Crippen MR) is 88.2 cm³/mol. The maximum atomic E-state index is 11.7. The smallest absolute Gasteiger partial charge is 0.317 e. The van der Waals surface area contributed by atoms with E-state index in [1.54, 1.807) is 0 Å². The van der Waals surface area contributed by atoms with E-state index in [-0.39, 0.29) is 30.8 Å². The average Bonchev–Trinajstić information content (AvgIpc) is 2.45. The standard InChI is InChI=1S/C17H28N2O3/c1-6-13(10-20)19-16(21)18-11-22-15-8-7-12(2)9-14(15)17(3,4)5/h7-9,13,20H,6,10-11H2,1-5H3,(H2,18,19,21). The van der Waals surface area contributed by atoms with Crippen LogP contribution >= 0.6 is 0 Å². The summed E-state index contributed by atoms with van der Waals surface area (Å²) in [4.78, 5) is 11.7. The molecule has 5 nitrogen and oxygen atoms in total. The molecule has 2 amide bonds. The zero-order valence-electron chi connectivity index (χ0n) is 14.2. The molecule has 0 bridgehead atoms. The molecule has 22 heavy (non-hydrogen) atoms. The van der Waals surface area contributed by atoms with Crippen LogP contribution in [-0.4, -0.2) is 30.5 Å². The van der Waals surface area contributed by atoms with Crippen LogP contribution in [0.2, 0.25) is 0 Å². The number of carbonyl (C=O) groups excluding carboxylic acids is 1. The first-order valence-corrected chi connectivity index (χ1v) is 7.67. The summed E-state index contributed by atoms with van der Waals surface area (Å²) in [7, 11) is 0. The molecular formula is C17H28N2O3. The number of hydrogen-bond acceptors (Lipinski definition) is 3. The van der Waals surface area contributed by atoms with Crippen LogP contribution in [0.1, 0.15) is 45.2 Å². The van der Waals surface area contributed by atoms with E-state index in [4.69, 9.17) is 9.84 Å². The molecule has 1 aromatic rings. The number of nitrogens with one attached hydrogen (secondary N) is 2. The van der Waals surface area contributed by atoms with Gasteiger partial charge >= 0.3 is 6.03 Å². The van der Waals surface area contributed by atoms with E-state index in [1.807, 2.05) is 26.0 Å². The van der Waals surface area contributed by atoms with Crippen LogP contribution in [0, 0.1) is 6.92 Å². The molecule has 1 atom stereocenters. The molecule has 1 aromatic carbocycles. The first-order valence-electron chi connectivity index (χ1n) is 7.67. The zero-order valence-corrected chi connectivity index (χ0v) is 14.2. The van der Waals surface area contributed by atoms with Crippen molar-refractivity contribution in [3.05, 3.63) is 29.3 Å². The summed E-state index contributed by atoms with van der Waals surface area (Å²) >= 11 is 0. The van der Waals surface area contributed by atoms with E-state index >= 15 is 0 Å². The van der Waals surface area contributed by atoms with E-state index in [2.05, 4.69) is 37.5 Å². The number of aliphatic hydroxyl groups is 1. The molecule has 5 heteroatoms. The van der Waals surface area contributed by atoms with Crippen LogP contribution in [0.5, 0.6) is 5.75 Å². The normalized spacial score (nSPS) is 12.6. The highest BCUT2D eigenvalue weighted by molar-refractivity contribution is 5.74. The van der Waals surface area contributed by atoms with E-state index in [0.29, 0.717) is 6.42 Å². The van der Waals surface area contributed by atoms with E-state index in [0.717, 1.165) is 11.3 Å². The van der Waals surface area contributed by atoms with Crippen molar-refractivity contribution in [2.75, 3.05) is 13.3 Å². The average molecular weight is 308 g/mol. The summed E-state index contributed by atoms with van der Waals surface area (Å²) in [5, 5.41) is 14.4. The van der Waals surface area contributed by atoms with Crippen molar-refractivity contribution in [3.63, 3.8) is 0 Å². The molecule has 0 aromatic heterocycles. The molecule has 0 spiro atoms. The van der Waals surface area contributed by atoms with Gasteiger partial charge in [0.2, 0.25) is 0 Å². The summed E-state index contributed by atoms with van der Waals surface area (Å²) in [6.07, 6.45) is 0.677. The molecule has 0 aliphatic carbocycles. The van der Waals surface area contributed by atoms with Gasteiger partial charge in [-0.3, -0.25) is 0 Å². The third kappa shape index (κ3) is 5.56. The van der Waals surface area contributed by atoms with Crippen molar-refractivity contribution in [2.45, 2.75) is 52.5 Å². The van der Waals surface area contributed by atoms with Crippen LogP contribution in [0.4, 0.5) is 4.79 Å². The predicted octanol–water partition coefficient (Wildman–Crippen LogP) is 2.70. The number of carbonyl (C=O) groups is 1.